The number of aromatic nitrogens is 4. The zero-order valence-electron chi connectivity index (χ0n) is 24.8. The van der Waals surface area contributed by atoms with Crippen LogP contribution in [-0.4, -0.2) is 30.8 Å². The van der Waals surface area contributed by atoms with Crippen LogP contribution in [0.3, 0.4) is 0 Å². The molecule has 0 aliphatic rings. The Morgan fingerprint density at radius 3 is 1.62 bits per heavy atom. The number of imidazole rings is 1. The minimum absolute atomic E-state index is 0.00468. The van der Waals surface area contributed by atoms with Gasteiger partial charge in [0.25, 0.3) is 5.56 Å². The number of rotatable bonds is 24. The molecule has 4 N–H and O–H groups in total. The molecule has 0 radical (unpaired) electrons. The number of hydrogen-bond donors (Lipinski definition) is 4. The molecule has 0 bridgehead atoms. The van der Waals surface area contributed by atoms with Crippen LogP contribution in [0.25, 0.3) is 11.2 Å². The molecule has 2 rings (SSSR count). The van der Waals surface area contributed by atoms with Crippen LogP contribution in [0.15, 0.2) is 14.4 Å². The first-order chi connectivity index (χ1) is 19.3. The first-order valence-corrected chi connectivity index (χ1v) is 17.3. The molecule has 0 saturated carbocycles. The second-order valence-electron chi connectivity index (χ2n) is 11.3. The number of aromatic amines is 3. The number of hydrogen-bond acceptors (Lipinski definition) is 5. The molecule has 0 saturated heterocycles. The van der Waals surface area contributed by atoms with Gasteiger partial charge in [-0.3, -0.25) is 24.3 Å². The third-order valence-electron chi connectivity index (χ3n) is 7.72. The number of nitrogens with zero attached hydrogens (tertiary/aromatic N) is 1. The van der Waals surface area contributed by atoms with Crippen LogP contribution in [0.1, 0.15) is 142 Å². The molecule has 0 fully saturated rings. The van der Waals surface area contributed by atoms with E-state index in [9.17, 15) is 23.8 Å². The van der Waals surface area contributed by atoms with Gasteiger partial charge >= 0.3 is 19.1 Å². The van der Waals surface area contributed by atoms with Crippen LogP contribution >= 0.6 is 7.75 Å². The average molecular weight is 585 g/mol. The predicted octanol–water partition coefficient (Wildman–Crippen LogP) is 7.13. The van der Waals surface area contributed by atoms with E-state index in [1.807, 2.05) is 0 Å². The lowest BCUT2D eigenvalue weighted by Gasteiger charge is -2.20. The molecule has 2 unspecified atom stereocenters. The molecular formula is C29H53N4O6P. The summed E-state index contributed by atoms with van der Waals surface area (Å²) in [4.78, 5) is 54.0. The van der Waals surface area contributed by atoms with Gasteiger partial charge in [-0.15, -0.1) is 0 Å². The molecule has 0 aromatic carbocycles. The van der Waals surface area contributed by atoms with Crippen molar-refractivity contribution in [1.29, 1.82) is 0 Å². The van der Waals surface area contributed by atoms with E-state index in [-0.39, 0.29) is 28.0 Å². The zero-order chi connectivity index (χ0) is 29.2. The fourth-order valence-corrected chi connectivity index (χ4v) is 6.41. The minimum Gasteiger partial charge on any atom is -0.307 e. The van der Waals surface area contributed by atoms with Crippen LogP contribution in [-0.2, 0) is 9.09 Å². The fourth-order valence-electron chi connectivity index (χ4n) is 5.28. The van der Waals surface area contributed by atoms with E-state index in [4.69, 9.17) is 4.52 Å². The normalized spacial score (nSPS) is 14.1. The number of fused-ring (bicyclic) bond motifs is 1. The summed E-state index contributed by atoms with van der Waals surface area (Å²) in [7, 11) is -4.77. The molecular weight excluding hydrogens is 531 g/mol. The first-order valence-electron chi connectivity index (χ1n) is 15.8. The van der Waals surface area contributed by atoms with E-state index >= 15 is 0 Å². The monoisotopic (exact) mass is 584 g/mol. The van der Waals surface area contributed by atoms with Crippen molar-refractivity contribution in [2.45, 2.75) is 142 Å². The maximum Gasteiger partial charge on any atom is 0.443 e. The second-order valence-corrected chi connectivity index (χ2v) is 12.9. The van der Waals surface area contributed by atoms with Crippen LogP contribution in [0.4, 0.5) is 0 Å². The molecule has 40 heavy (non-hydrogen) atoms. The van der Waals surface area contributed by atoms with Gasteiger partial charge in [0.1, 0.15) is 5.65 Å². The van der Waals surface area contributed by atoms with Gasteiger partial charge in [-0.05, 0) is 18.8 Å². The Bertz CT molecular complexity index is 1180. The number of H-pyrrole nitrogens is 3. The average Bonchev–Trinajstić information content (AvgIpc) is 3.29. The molecule has 2 aromatic rings. The lowest BCUT2D eigenvalue weighted by atomic mass is 9.94. The van der Waals surface area contributed by atoms with Gasteiger partial charge in [-0.25, -0.2) is 14.2 Å². The Morgan fingerprint density at radius 1 is 0.700 bits per heavy atom. The van der Waals surface area contributed by atoms with Crippen molar-refractivity contribution < 1.29 is 14.0 Å². The van der Waals surface area contributed by atoms with Crippen LogP contribution in [0, 0.1) is 5.92 Å². The maximum atomic E-state index is 13.0. The Labute approximate surface area is 238 Å². The van der Waals surface area contributed by atoms with Gasteiger partial charge in [0, 0.05) is 0 Å². The van der Waals surface area contributed by atoms with Crippen molar-refractivity contribution in [2.75, 3.05) is 6.61 Å². The van der Waals surface area contributed by atoms with Crippen molar-refractivity contribution in [2.24, 2.45) is 5.92 Å². The molecule has 0 aliphatic carbocycles. The lowest BCUT2D eigenvalue weighted by molar-refractivity contribution is 0.191. The number of unbranched alkanes of at least 4 members (excludes halogenated alkanes) is 16. The van der Waals surface area contributed by atoms with E-state index in [0.717, 1.165) is 38.5 Å². The van der Waals surface area contributed by atoms with Crippen LogP contribution in [0.2, 0.25) is 0 Å². The van der Waals surface area contributed by atoms with Crippen LogP contribution < -0.4 is 16.9 Å². The van der Waals surface area contributed by atoms with Gasteiger partial charge in [-0.2, -0.15) is 4.34 Å². The Kier molecular flexibility index (Phi) is 16.5. The smallest absolute Gasteiger partial charge is 0.307 e. The van der Waals surface area contributed by atoms with E-state index in [1.165, 1.54) is 89.9 Å². The molecule has 10 nitrogen and oxygen atoms in total. The Morgan fingerprint density at radius 2 is 1.15 bits per heavy atom. The number of nitrogens with one attached hydrogen (secondary N) is 3. The molecule has 2 atom stereocenters. The first kappa shape index (κ1) is 34.3. The second kappa shape index (κ2) is 19.3. The summed E-state index contributed by atoms with van der Waals surface area (Å²) in [6.45, 7) is 4.44. The van der Waals surface area contributed by atoms with E-state index in [2.05, 4.69) is 28.8 Å². The summed E-state index contributed by atoms with van der Waals surface area (Å²) >= 11 is 0. The van der Waals surface area contributed by atoms with Gasteiger partial charge in [0.05, 0.1) is 6.61 Å². The Balaban J connectivity index is 1.88. The molecule has 0 spiro atoms. The molecule has 0 amide bonds. The van der Waals surface area contributed by atoms with Crippen molar-refractivity contribution in [3.63, 3.8) is 0 Å². The molecule has 2 aromatic heterocycles. The summed E-state index contributed by atoms with van der Waals surface area (Å²) in [6.07, 6.45) is 23.8. The van der Waals surface area contributed by atoms with Crippen LogP contribution in [0.5, 0.6) is 0 Å². The quantitative estimate of drug-likeness (QED) is 0.0761. The third-order valence-corrected chi connectivity index (χ3v) is 9.07. The van der Waals surface area contributed by atoms with Gasteiger partial charge in [0.15, 0.2) is 5.52 Å². The standard InChI is InChI=1S/C29H53N4O6P/c1-3-5-7-9-11-13-14-16-18-20-22-24(21-19-17-15-12-10-8-6-4-2)23-39-40(37,38)33-27(34)25-26(32-29(33)36)31-28(35)30-25/h24H,3-23H2,1-2H3,(H,32,36)(H,37,38)(H2,30,31,35). The van der Waals surface area contributed by atoms with Gasteiger partial charge in [-0.1, -0.05) is 129 Å². The highest BCUT2D eigenvalue weighted by molar-refractivity contribution is 7.51. The summed E-state index contributed by atoms with van der Waals surface area (Å²) in [5, 5.41) is 0. The fraction of sp³-hybridized carbons (Fsp3) is 0.828. The molecule has 230 valence electrons. The van der Waals surface area contributed by atoms with Crippen molar-refractivity contribution in [3.8, 4) is 0 Å². The van der Waals surface area contributed by atoms with Crippen molar-refractivity contribution in [1.82, 2.24) is 19.3 Å². The largest absolute Gasteiger partial charge is 0.443 e. The highest BCUT2D eigenvalue weighted by Crippen LogP contribution is 2.41. The van der Waals surface area contributed by atoms with Gasteiger partial charge in [0.2, 0.25) is 0 Å². The lowest BCUT2D eigenvalue weighted by Crippen LogP contribution is -2.34. The Hall–Kier alpha value is -1.90. The van der Waals surface area contributed by atoms with E-state index in [1.54, 1.807) is 0 Å². The SMILES string of the molecule is CCCCCCCCCCCCC(CCCCCCCCCC)COP(=O)(O)n1c(=O)[nH]c2[nH]c(=O)[nH]c2c1=O. The van der Waals surface area contributed by atoms with Crippen molar-refractivity contribution >= 4 is 18.9 Å². The maximum absolute atomic E-state index is 13.0. The summed E-state index contributed by atoms with van der Waals surface area (Å²) in [6, 6.07) is 0. The summed E-state index contributed by atoms with van der Waals surface area (Å²) < 4.78 is 18.6. The van der Waals surface area contributed by atoms with Gasteiger partial charge < -0.3 is 4.89 Å². The van der Waals surface area contributed by atoms with E-state index < -0.39 is 24.7 Å². The molecule has 0 aliphatic heterocycles. The van der Waals surface area contributed by atoms with E-state index in [0.29, 0.717) is 0 Å². The zero-order valence-corrected chi connectivity index (χ0v) is 25.7. The third kappa shape index (κ3) is 12.3. The molecule has 2 heterocycles. The summed E-state index contributed by atoms with van der Waals surface area (Å²) in [5.41, 5.74) is -3.27. The predicted molar refractivity (Wildman–Crippen MR) is 162 cm³/mol. The highest BCUT2D eigenvalue weighted by Gasteiger charge is 2.30. The topological polar surface area (TPSA) is 150 Å². The minimum atomic E-state index is -4.77. The highest BCUT2D eigenvalue weighted by atomic mass is 31.2. The summed E-state index contributed by atoms with van der Waals surface area (Å²) in [5.74, 6) is 0.0696. The molecule has 11 heteroatoms. The van der Waals surface area contributed by atoms with Crippen molar-refractivity contribution in [3.05, 3.63) is 31.3 Å².